The molecule has 1 unspecified atom stereocenters. The third-order valence-electron chi connectivity index (χ3n) is 5.27. The Morgan fingerprint density at radius 1 is 1.27 bits per heavy atom. The number of hydrogen-bond donors (Lipinski definition) is 1. The molecule has 0 radical (unpaired) electrons. The second-order valence-electron chi connectivity index (χ2n) is 6.90. The molecular formula is C19H28ClN3O3. The van der Waals surface area contributed by atoms with E-state index in [0.717, 1.165) is 38.2 Å². The van der Waals surface area contributed by atoms with Gasteiger partial charge in [-0.3, -0.25) is 9.59 Å². The minimum Gasteiger partial charge on any atom is -0.495 e. The monoisotopic (exact) mass is 381 g/mol. The summed E-state index contributed by atoms with van der Waals surface area (Å²) in [7, 11) is 3.56. The molecule has 1 atom stereocenters. The number of nitrogens with zero attached hydrogens (tertiary/aromatic N) is 2. The van der Waals surface area contributed by atoms with E-state index in [1.54, 1.807) is 12.0 Å². The van der Waals surface area contributed by atoms with Crippen LogP contribution in [0, 0.1) is 11.8 Å². The maximum absolute atomic E-state index is 12.8. The highest BCUT2D eigenvalue weighted by Crippen LogP contribution is 2.33. The summed E-state index contributed by atoms with van der Waals surface area (Å²) in [5.41, 5.74) is 0.748. The first kappa shape index (κ1) is 20.5. The van der Waals surface area contributed by atoms with Gasteiger partial charge in [0.2, 0.25) is 11.8 Å². The first-order valence-corrected chi connectivity index (χ1v) is 9.00. The molecular weight excluding hydrogens is 354 g/mol. The number of piperidine rings is 1. The number of ether oxygens (including phenoxy) is 1. The van der Waals surface area contributed by atoms with Crippen molar-refractivity contribution < 1.29 is 14.3 Å². The molecule has 1 aromatic rings. The minimum atomic E-state index is -0.252. The van der Waals surface area contributed by atoms with Crippen molar-refractivity contribution >= 4 is 29.9 Å². The van der Waals surface area contributed by atoms with Crippen LogP contribution >= 0.6 is 12.4 Å². The van der Waals surface area contributed by atoms with Crippen molar-refractivity contribution in [2.45, 2.75) is 19.3 Å². The maximum Gasteiger partial charge on any atom is 0.228 e. The molecule has 0 aliphatic carbocycles. The molecule has 2 aliphatic heterocycles. The van der Waals surface area contributed by atoms with Crippen LogP contribution in [-0.2, 0) is 9.59 Å². The van der Waals surface area contributed by atoms with Crippen molar-refractivity contribution in [2.75, 3.05) is 45.2 Å². The fourth-order valence-corrected chi connectivity index (χ4v) is 3.86. The van der Waals surface area contributed by atoms with Gasteiger partial charge in [0.1, 0.15) is 5.75 Å². The summed E-state index contributed by atoms with van der Waals surface area (Å²) in [6.45, 7) is 3.04. The van der Waals surface area contributed by atoms with Gasteiger partial charge in [-0.2, -0.15) is 0 Å². The summed E-state index contributed by atoms with van der Waals surface area (Å²) in [4.78, 5) is 28.9. The summed E-state index contributed by atoms with van der Waals surface area (Å²) >= 11 is 0. The van der Waals surface area contributed by atoms with Crippen LogP contribution in [0.1, 0.15) is 19.3 Å². The van der Waals surface area contributed by atoms with E-state index in [0.29, 0.717) is 18.2 Å². The number of methoxy groups -OCH3 is 1. The van der Waals surface area contributed by atoms with E-state index in [1.165, 1.54) is 0 Å². The number of anilines is 1. The largest absolute Gasteiger partial charge is 0.495 e. The second-order valence-corrected chi connectivity index (χ2v) is 6.90. The SMILES string of the molecule is CNCC1CCN(C(=O)C2CC(=O)N(c3ccccc3OC)C2)CC1.Cl. The van der Waals surface area contributed by atoms with Crippen LogP contribution in [0.15, 0.2) is 24.3 Å². The van der Waals surface area contributed by atoms with Gasteiger partial charge in [0.05, 0.1) is 18.7 Å². The van der Waals surface area contributed by atoms with Crippen LogP contribution in [0.2, 0.25) is 0 Å². The Labute approximate surface area is 161 Å². The molecule has 144 valence electrons. The highest BCUT2D eigenvalue weighted by atomic mass is 35.5. The van der Waals surface area contributed by atoms with Gasteiger partial charge in [0.15, 0.2) is 0 Å². The second kappa shape index (κ2) is 9.24. The molecule has 2 fully saturated rings. The van der Waals surface area contributed by atoms with Crippen molar-refractivity contribution in [3.63, 3.8) is 0 Å². The summed E-state index contributed by atoms with van der Waals surface area (Å²) in [6, 6.07) is 7.46. The third-order valence-corrected chi connectivity index (χ3v) is 5.27. The Bertz CT molecular complexity index is 632. The van der Waals surface area contributed by atoms with Crippen LogP contribution in [0.3, 0.4) is 0 Å². The molecule has 26 heavy (non-hydrogen) atoms. The zero-order chi connectivity index (χ0) is 17.8. The van der Waals surface area contributed by atoms with Crippen molar-refractivity contribution in [1.82, 2.24) is 10.2 Å². The molecule has 6 nitrogen and oxygen atoms in total. The molecule has 1 N–H and O–H groups in total. The topological polar surface area (TPSA) is 61.9 Å². The smallest absolute Gasteiger partial charge is 0.228 e. The lowest BCUT2D eigenvalue weighted by Crippen LogP contribution is -2.43. The average Bonchev–Trinajstić information content (AvgIpc) is 3.03. The van der Waals surface area contributed by atoms with Gasteiger partial charge >= 0.3 is 0 Å². The van der Waals surface area contributed by atoms with E-state index in [-0.39, 0.29) is 36.6 Å². The normalized spacial score (nSPS) is 20.8. The number of carbonyl (C=O) groups excluding carboxylic acids is 2. The molecule has 0 bridgehead atoms. The van der Waals surface area contributed by atoms with Gasteiger partial charge < -0.3 is 19.9 Å². The van der Waals surface area contributed by atoms with Crippen LogP contribution < -0.4 is 15.0 Å². The zero-order valence-electron chi connectivity index (χ0n) is 15.4. The first-order valence-electron chi connectivity index (χ1n) is 9.00. The van der Waals surface area contributed by atoms with E-state index in [2.05, 4.69) is 5.32 Å². The van der Waals surface area contributed by atoms with Crippen LogP contribution in [0.5, 0.6) is 5.75 Å². The van der Waals surface area contributed by atoms with E-state index in [1.807, 2.05) is 36.2 Å². The molecule has 2 aliphatic rings. The Morgan fingerprint density at radius 2 is 1.96 bits per heavy atom. The molecule has 1 aromatic carbocycles. The maximum atomic E-state index is 12.8. The van der Waals surface area contributed by atoms with Gasteiger partial charge in [0, 0.05) is 26.1 Å². The van der Waals surface area contributed by atoms with E-state index < -0.39 is 0 Å². The minimum absolute atomic E-state index is 0. The zero-order valence-corrected chi connectivity index (χ0v) is 16.3. The Morgan fingerprint density at radius 3 is 2.62 bits per heavy atom. The van der Waals surface area contributed by atoms with E-state index >= 15 is 0 Å². The fourth-order valence-electron chi connectivity index (χ4n) is 3.86. The Hall–Kier alpha value is -1.79. The molecule has 0 saturated carbocycles. The lowest BCUT2D eigenvalue weighted by Gasteiger charge is -2.33. The number of nitrogens with one attached hydrogen (secondary N) is 1. The molecule has 7 heteroatoms. The molecule has 2 saturated heterocycles. The standard InChI is InChI=1S/C19H27N3O3.ClH/c1-20-12-14-7-9-21(10-8-14)19(24)15-11-18(23)22(13-15)16-5-3-4-6-17(16)25-2;/h3-6,14-15,20H,7-13H2,1-2H3;1H. The lowest BCUT2D eigenvalue weighted by molar-refractivity contribution is -0.137. The highest BCUT2D eigenvalue weighted by Gasteiger charge is 2.38. The lowest BCUT2D eigenvalue weighted by atomic mass is 9.95. The number of likely N-dealkylation sites (tertiary alicyclic amines) is 1. The van der Waals surface area contributed by atoms with Crippen LogP contribution in [0.4, 0.5) is 5.69 Å². The quantitative estimate of drug-likeness (QED) is 0.846. The van der Waals surface area contributed by atoms with Crippen molar-refractivity contribution in [2.24, 2.45) is 11.8 Å². The van der Waals surface area contributed by atoms with Gasteiger partial charge in [-0.15, -0.1) is 12.4 Å². The summed E-state index contributed by atoms with van der Waals surface area (Å²) < 4.78 is 5.36. The molecule has 2 heterocycles. The molecule has 2 amide bonds. The molecule has 0 spiro atoms. The van der Waals surface area contributed by atoms with E-state index in [4.69, 9.17) is 4.74 Å². The number of carbonyl (C=O) groups is 2. The summed E-state index contributed by atoms with van der Waals surface area (Å²) in [6.07, 6.45) is 2.35. The summed E-state index contributed by atoms with van der Waals surface area (Å²) in [5.74, 6) is 1.17. The Balaban J connectivity index is 0.00000243. The van der Waals surface area contributed by atoms with Gasteiger partial charge in [-0.25, -0.2) is 0 Å². The van der Waals surface area contributed by atoms with Crippen molar-refractivity contribution in [3.05, 3.63) is 24.3 Å². The highest BCUT2D eigenvalue weighted by molar-refractivity contribution is 6.01. The Kier molecular flexibility index (Phi) is 7.29. The third kappa shape index (κ3) is 4.30. The number of rotatable bonds is 5. The first-order chi connectivity index (χ1) is 12.1. The van der Waals surface area contributed by atoms with Gasteiger partial charge in [-0.1, -0.05) is 12.1 Å². The number of hydrogen-bond acceptors (Lipinski definition) is 4. The van der Waals surface area contributed by atoms with Crippen molar-refractivity contribution in [1.29, 1.82) is 0 Å². The number of benzene rings is 1. The fraction of sp³-hybridized carbons (Fsp3) is 0.579. The summed E-state index contributed by atoms with van der Waals surface area (Å²) in [5, 5.41) is 3.21. The van der Waals surface area contributed by atoms with Crippen LogP contribution in [0.25, 0.3) is 0 Å². The number of amides is 2. The van der Waals surface area contributed by atoms with Crippen LogP contribution in [-0.4, -0.2) is 57.1 Å². The van der Waals surface area contributed by atoms with E-state index in [9.17, 15) is 9.59 Å². The molecule has 3 rings (SSSR count). The van der Waals surface area contributed by atoms with Gasteiger partial charge in [-0.05, 0) is 44.5 Å². The number of halogens is 1. The average molecular weight is 382 g/mol. The predicted molar refractivity (Wildman–Crippen MR) is 104 cm³/mol. The number of para-hydroxylation sites is 2. The molecule has 0 aromatic heterocycles. The van der Waals surface area contributed by atoms with Crippen molar-refractivity contribution in [3.8, 4) is 5.75 Å². The predicted octanol–water partition coefficient (Wildman–Crippen LogP) is 1.93. The van der Waals surface area contributed by atoms with Gasteiger partial charge in [0.25, 0.3) is 0 Å².